The third kappa shape index (κ3) is 7.28. The number of amides is 2. The van der Waals surface area contributed by atoms with E-state index in [-0.39, 0.29) is 41.0 Å². The highest BCUT2D eigenvalue weighted by atomic mass is 32.2. The average Bonchev–Trinajstić information content (AvgIpc) is 2.70. The van der Waals surface area contributed by atoms with E-state index in [9.17, 15) is 23.1 Å². The van der Waals surface area contributed by atoms with Crippen LogP contribution in [0.25, 0.3) is 0 Å². The fourth-order valence-electron chi connectivity index (χ4n) is 3.16. The third-order valence-electron chi connectivity index (χ3n) is 4.72. The van der Waals surface area contributed by atoms with Crippen LogP contribution >= 0.6 is 0 Å². The third-order valence-corrected chi connectivity index (χ3v) is 6.77. The van der Waals surface area contributed by atoms with E-state index >= 15 is 0 Å². The molecule has 2 N–H and O–H groups in total. The largest absolute Gasteiger partial charge is 0.506 e. The SMILES string of the molecule is CCCN(CCC)C(=O)CCCC(=O)Nc1cc(S(=O)(=O)N(CC)CC)ccc1O. The Kier molecular flexibility index (Phi) is 10.8. The van der Waals surface area contributed by atoms with Crippen LogP contribution < -0.4 is 5.32 Å². The number of carbonyl (C=O) groups excluding carboxylic acids is 2. The average molecular weight is 442 g/mol. The first-order valence-electron chi connectivity index (χ1n) is 10.6. The van der Waals surface area contributed by atoms with E-state index in [0.29, 0.717) is 32.6 Å². The molecule has 0 aliphatic carbocycles. The topological polar surface area (TPSA) is 107 Å². The lowest BCUT2D eigenvalue weighted by atomic mass is 10.2. The van der Waals surface area contributed by atoms with Gasteiger partial charge in [-0.25, -0.2) is 8.42 Å². The van der Waals surface area contributed by atoms with E-state index in [1.165, 1.54) is 22.5 Å². The van der Waals surface area contributed by atoms with Gasteiger partial charge in [0.15, 0.2) is 0 Å². The molecule has 0 spiro atoms. The predicted molar refractivity (Wildman–Crippen MR) is 118 cm³/mol. The Labute approximate surface area is 180 Å². The fraction of sp³-hybridized carbons (Fsp3) is 0.619. The standard InChI is InChI=1S/C21H35N3O5S/c1-5-14-23(15-6-2)21(27)11-9-10-20(26)22-18-16-17(12-13-19(18)25)30(28,29)24(7-3)8-4/h12-13,16,25H,5-11,14-15H2,1-4H3,(H,22,26). The number of nitrogens with one attached hydrogen (secondary N) is 1. The number of nitrogens with zero attached hydrogens (tertiary/aromatic N) is 2. The Balaban J connectivity index is 2.75. The Hall–Kier alpha value is -2.13. The number of rotatable bonds is 13. The molecule has 170 valence electrons. The van der Waals surface area contributed by atoms with Gasteiger partial charge in [0.1, 0.15) is 5.75 Å². The van der Waals surface area contributed by atoms with Crippen molar-refractivity contribution in [1.29, 1.82) is 0 Å². The van der Waals surface area contributed by atoms with Crippen LogP contribution in [-0.2, 0) is 19.6 Å². The number of carbonyl (C=O) groups is 2. The Morgan fingerprint density at radius 1 is 1.00 bits per heavy atom. The number of sulfonamides is 1. The summed E-state index contributed by atoms with van der Waals surface area (Å²) in [5, 5.41) is 12.6. The number of hydrogen-bond donors (Lipinski definition) is 2. The summed E-state index contributed by atoms with van der Waals surface area (Å²) in [7, 11) is -3.70. The molecule has 0 aliphatic heterocycles. The van der Waals surface area contributed by atoms with Gasteiger partial charge in [0, 0.05) is 39.0 Å². The summed E-state index contributed by atoms with van der Waals surface area (Å²) in [4.78, 5) is 26.4. The molecule has 0 atom stereocenters. The van der Waals surface area contributed by atoms with Crippen LogP contribution in [0, 0.1) is 0 Å². The highest BCUT2D eigenvalue weighted by molar-refractivity contribution is 7.89. The van der Waals surface area contributed by atoms with Crippen molar-refractivity contribution in [2.75, 3.05) is 31.5 Å². The molecule has 0 fully saturated rings. The van der Waals surface area contributed by atoms with Crippen molar-refractivity contribution >= 4 is 27.5 Å². The number of phenolic OH excluding ortho intramolecular Hbond substituents is 1. The minimum atomic E-state index is -3.70. The summed E-state index contributed by atoms with van der Waals surface area (Å²) in [6.07, 6.45) is 2.53. The van der Waals surface area contributed by atoms with Crippen LogP contribution in [0.2, 0.25) is 0 Å². The molecule has 0 aromatic heterocycles. The molecule has 0 unspecified atom stereocenters. The molecule has 1 aromatic carbocycles. The number of phenols is 1. The minimum absolute atomic E-state index is 0.00394. The van der Waals surface area contributed by atoms with E-state index < -0.39 is 10.0 Å². The van der Waals surface area contributed by atoms with Gasteiger partial charge in [-0.05, 0) is 37.5 Å². The summed E-state index contributed by atoms with van der Waals surface area (Å²) in [6, 6.07) is 3.83. The first-order chi connectivity index (χ1) is 14.2. The molecule has 0 radical (unpaired) electrons. The maximum absolute atomic E-state index is 12.7. The lowest BCUT2D eigenvalue weighted by Crippen LogP contribution is -2.32. The van der Waals surface area contributed by atoms with Gasteiger partial charge in [-0.2, -0.15) is 4.31 Å². The van der Waals surface area contributed by atoms with Crippen LogP contribution in [0.1, 0.15) is 59.8 Å². The van der Waals surface area contributed by atoms with Crippen molar-refractivity contribution in [2.24, 2.45) is 0 Å². The summed E-state index contributed by atoms with van der Waals surface area (Å²) >= 11 is 0. The molecule has 2 amide bonds. The molecule has 0 saturated heterocycles. The molecule has 30 heavy (non-hydrogen) atoms. The summed E-state index contributed by atoms with van der Waals surface area (Å²) < 4.78 is 26.6. The van der Waals surface area contributed by atoms with E-state index in [4.69, 9.17) is 0 Å². The molecule has 8 nitrogen and oxygen atoms in total. The van der Waals surface area contributed by atoms with Gasteiger partial charge >= 0.3 is 0 Å². The fourth-order valence-corrected chi connectivity index (χ4v) is 4.65. The lowest BCUT2D eigenvalue weighted by Gasteiger charge is -2.21. The van der Waals surface area contributed by atoms with Gasteiger partial charge in [0.25, 0.3) is 0 Å². The molecule has 1 aromatic rings. The lowest BCUT2D eigenvalue weighted by molar-refractivity contribution is -0.131. The summed E-state index contributed by atoms with van der Waals surface area (Å²) in [5.41, 5.74) is 0.0400. The van der Waals surface area contributed by atoms with E-state index in [1.54, 1.807) is 13.8 Å². The van der Waals surface area contributed by atoms with Crippen LogP contribution in [0.3, 0.4) is 0 Å². The van der Waals surface area contributed by atoms with Crippen molar-refractivity contribution < 1.29 is 23.1 Å². The van der Waals surface area contributed by atoms with E-state index in [2.05, 4.69) is 5.32 Å². The van der Waals surface area contributed by atoms with Gasteiger partial charge in [-0.1, -0.05) is 27.7 Å². The molecule has 9 heteroatoms. The second kappa shape index (κ2) is 12.5. The molecule has 0 saturated carbocycles. The van der Waals surface area contributed by atoms with Crippen molar-refractivity contribution in [3.8, 4) is 5.75 Å². The van der Waals surface area contributed by atoms with Crippen molar-refractivity contribution in [1.82, 2.24) is 9.21 Å². The second-order valence-corrected chi connectivity index (χ2v) is 8.99. The number of anilines is 1. The Morgan fingerprint density at radius 3 is 2.13 bits per heavy atom. The zero-order valence-electron chi connectivity index (χ0n) is 18.5. The molecular weight excluding hydrogens is 406 g/mol. The highest BCUT2D eigenvalue weighted by Crippen LogP contribution is 2.28. The normalized spacial score (nSPS) is 11.5. The Morgan fingerprint density at radius 2 is 1.60 bits per heavy atom. The van der Waals surface area contributed by atoms with Crippen molar-refractivity contribution in [2.45, 2.75) is 64.7 Å². The maximum atomic E-state index is 12.7. The molecule has 0 bridgehead atoms. The van der Waals surface area contributed by atoms with Crippen LogP contribution in [-0.4, -0.2) is 60.7 Å². The van der Waals surface area contributed by atoms with Crippen molar-refractivity contribution in [3.05, 3.63) is 18.2 Å². The number of aromatic hydroxyl groups is 1. The van der Waals surface area contributed by atoms with Gasteiger partial charge < -0.3 is 15.3 Å². The van der Waals surface area contributed by atoms with Crippen LogP contribution in [0.4, 0.5) is 5.69 Å². The molecule has 0 heterocycles. The van der Waals surface area contributed by atoms with E-state index in [0.717, 1.165) is 12.8 Å². The zero-order chi connectivity index (χ0) is 22.7. The maximum Gasteiger partial charge on any atom is 0.243 e. The van der Waals surface area contributed by atoms with Gasteiger partial charge in [0.2, 0.25) is 21.8 Å². The van der Waals surface area contributed by atoms with Crippen LogP contribution in [0.5, 0.6) is 5.75 Å². The molecule has 1 rings (SSSR count). The predicted octanol–water partition coefficient (Wildman–Crippen LogP) is 3.18. The minimum Gasteiger partial charge on any atom is -0.506 e. The number of benzene rings is 1. The van der Waals surface area contributed by atoms with Crippen molar-refractivity contribution in [3.63, 3.8) is 0 Å². The Bertz CT molecular complexity index is 801. The monoisotopic (exact) mass is 441 g/mol. The summed E-state index contributed by atoms with van der Waals surface area (Å²) in [5.74, 6) is -0.565. The van der Waals surface area contributed by atoms with Crippen LogP contribution in [0.15, 0.2) is 23.1 Å². The molecular formula is C21H35N3O5S. The smallest absolute Gasteiger partial charge is 0.243 e. The highest BCUT2D eigenvalue weighted by Gasteiger charge is 2.23. The van der Waals surface area contributed by atoms with Gasteiger partial charge in [-0.3, -0.25) is 9.59 Å². The first kappa shape index (κ1) is 25.9. The zero-order valence-corrected chi connectivity index (χ0v) is 19.3. The summed E-state index contributed by atoms with van der Waals surface area (Å²) in [6.45, 7) is 9.59. The van der Waals surface area contributed by atoms with Gasteiger partial charge in [0.05, 0.1) is 10.6 Å². The van der Waals surface area contributed by atoms with E-state index in [1.807, 2.05) is 18.7 Å². The quantitative estimate of drug-likeness (QED) is 0.457. The second-order valence-electron chi connectivity index (χ2n) is 7.05. The number of hydrogen-bond acceptors (Lipinski definition) is 5. The van der Waals surface area contributed by atoms with Gasteiger partial charge in [-0.15, -0.1) is 0 Å². The molecule has 0 aliphatic rings. The first-order valence-corrected chi connectivity index (χ1v) is 12.1.